The van der Waals surface area contributed by atoms with Crippen LogP contribution in [0.5, 0.6) is 17.2 Å². The third kappa shape index (κ3) is 1.86. The maximum Gasteiger partial charge on any atom is 0.231 e. The first-order valence-electron chi connectivity index (χ1n) is 5.82. The van der Waals surface area contributed by atoms with E-state index in [1.807, 2.05) is 12.1 Å². The Kier molecular flexibility index (Phi) is 2.68. The first kappa shape index (κ1) is 10.5. The number of anilines is 1. The van der Waals surface area contributed by atoms with E-state index in [2.05, 4.69) is 10.2 Å². The van der Waals surface area contributed by atoms with Crippen molar-refractivity contribution >= 4 is 5.69 Å². The molecule has 2 aliphatic rings. The van der Waals surface area contributed by atoms with Crippen LogP contribution in [-0.4, -0.2) is 40.1 Å². The lowest BCUT2D eigenvalue weighted by atomic mass is 10.2. The highest BCUT2D eigenvalue weighted by molar-refractivity contribution is 5.66. The molecule has 0 amide bonds. The summed E-state index contributed by atoms with van der Waals surface area (Å²) >= 11 is 0. The molecule has 0 radical (unpaired) electrons. The minimum atomic E-state index is 0.295. The summed E-state index contributed by atoms with van der Waals surface area (Å²) in [7, 11) is 1.68. The molecule has 0 saturated carbocycles. The molecular formula is C12H16N2O3. The highest BCUT2D eigenvalue weighted by atomic mass is 16.7. The summed E-state index contributed by atoms with van der Waals surface area (Å²) < 4.78 is 16.2. The van der Waals surface area contributed by atoms with Crippen LogP contribution >= 0.6 is 0 Å². The summed E-state index contributed by atoms with van der Waals surface area (Å²) in [6.45, 7) is 4.25. The molecule has 3 rings (SSSR count). The standard InChI is InChI=1S/C12H16N2O3/c1-15-10-7-12-11(16-8-17-12)6-9(10)14-4-2-13-3-5-14/h6-7,13H,2-5,8H2,1H3. The number of piperazine rings is 1. The van der Waals surface area contributed by atoms with Gasteiger partial charge in [-0.05, 0) is 0 Å². The summed E-state index contributed by atoms with van der Waals surface area (Å²) in [6, 6.07) is 3.91. The summed E-state index contributed by atoms with van der Waals surface area (Å²) in [6.07, 6.45) is 0. The lowest BCUT2D eigenvalue weighted by molar-refractivity contribution is 0.174. The van der Waals surface area contributed by atoms with Crippen molar-refractivity contribution in [1.82, 2.24) is 5.32 Å². The predicted molar refractivity (Wildman–Crippen MR) is 64.2 cm³/mol. The molecule has 2 aliphatic heterocycles. The quantitative estimate of drug-likeness (QED) is 0.824. The molecule has 92 valence electrons. The van der Waals surface area contributed by atoms with Crippen molar-refractivity contribution in [3.05, 3.63) is 12.1 Å². The van der Waals surface area contributed by atoms with Gasteiger partial charge in [0.2, 0.25) is 6.79 Å². The van der Waals surface area contributed by atoms with Gasteiger partial charge in [0.05, 0.1) is 12.8 Å². The number of hydrogen-bond donors (Lipinski definition) is 1. The predicted octanol–water partition coefficient (Wildman–Crippen LogP) is 0.833. The van der Waals surface area contributed by atoms with E-state index < -0.39 is 0 Å². The van der Waals surface area contributed by atoms with E-state index in [1.165, 1.54) is 0 Å². The Balaban J connectivity index is 1.96. The van der Waals surface area contributed by atoms with E-state index in [1.54, 1.807) is 7.11 Å². The Bertz CT molecular complexity index is 416. The molecule has 0 bridgehead atoms. The van der Waals surface area contributed by atoms with E-state index in [0.717, 1.165) is 49.1 Å². The Morgan fingerprint density at radius 2 is 1.88 bits per heavy atom. The van der Waals surface area contributed by atoms with Crippen LogP contribution in [0.1, 0.15) is 0 Å². The van der Waals surface area contributed by atoms with Gasteiger partial charge in [0.1, 0.15) is 5.75 Å². The minimum Gasteiger partial charge on any atom is -0.494 e. The van der Waals surface area contributed by atoms with Gasteiger partial charge in [-0.25, -0.2) is 0 Å². The molecule has 1 saturated heterocycles. The number of methoxy groups -OCH3 is 1. The van der Waals surface area contributed by atoms with Crippen LogP contribution in [-0.2, 0) is 0 Å². The summed E-state index contributed by atoms with van der Waals surface area (Å²) in [4.78, 5) is 2.30. The second kappa shape index (κ2) is 4.33. The Hall–Kier alpha value is -1.62. The molecule has 5 nitrogen and oxygen atoms in total. The lowest BCUT2D eigenvalue weighted by Gasteiger charge is -2.30. The molecule has 1 aromatic rings. The van der Waals surface area contributed by atoms with E-state index in [9.17, 15) is 0 Å². The topological polar surface area (TPSA) is 43.0 Å². The number of hydrogen-bond acceptors (Lipinski definition) is 5. The van der Waals surface area contributed by atoms with Crippen molar-refractivity contribution in [2.45, 2.75) is 0 Å². The molecule has 0 spiro atoms. The monoisotopic (exact) mass is 236 g/mol. The molecule has 2 heterocycles. The Morgan fingerprint density at radius 3 is 2.59 bits per heavy atom. The van der Waals surface area contributed by atoms with Gasteiger partial charge in [-0.3, -0.25) is 0 Å². The van der Waals surface area contributed by atoms with Gasteiger partial charge in [0.25, 0.3) is 0 Å². The molecule has 5 heteroatoms. The van der Waals surface area contributed by atoms with Crippen molar-refractivity contribution in [2.75, 3.05) is 45.0 Å². The summed E-state index contributed by atoms with van der Waals surface area (Å²) in [5, 5.41) is 3.34. The molecule has 1 N–H and O–H groups in total. The van der Waals surface area contributed by atoms with Crippen molar-refractivity contribution in [3.63, 3.8) is 0 Å². The molecule has 0 aromatic heterocycles. The van der Waals surface area contributed by atoms with Crippen LogP contribution in [0.15, 0.2) is 12.1 Å². The van der Waals surface area contributed by atoms with E-state index >= 15 is 0 Å². The fourth-order valence-corrected chi connectivity index (χ4v) is 2.23. The fourth-order valence-electron chi connectivity index (χ4n) is 2.23. The smallest absolute Gasteiger partial charge is 0.231 e. The Morgan fingerprint density at radius 1 is 1.18 bits per heavy atom. The van der Waals surface area contributed by atoms with Crippen LogP contribution in [0.25, 0.3) is 0 Å². The van der Waals surface area contributed by atoms with Crippen molar-refractivity contribution in [3.8, 4) is 17.2 Å². The average molecular weight is 236 g/mol. The van der Waals surface area contributed by atoms with Crippen molar-refractivity contribution in [1.29, 1.82) is 0 Å². The second-order valence-electron chi connectivity index (χ2n) is 4.11. The fraction of sp³-hybridized carbons (Fsp3) is 0.500. The Labute approximate surface area is 100 Å². The number of nitrogens with one attached hydrogen (secondary N) is 1. The van der Waals surface area contributed by atoms with Gasteiger partial charge < -0.3 is 24.4 Å². The molecule has 0 atom stereocenters. The zero-order chi connectivity index (χ0) is 11.7. The van der Waals surface area contributed by atoms with Gasteiger partial charge >= 0.3 is 0 Å². The van der Waals surface area contributed by atoms with Gasteiger partial charge in [0, 0.05) is 38.3 Å². The van der Waals surface area contributed by atoms with Crippen molar-refractivity contribution < 1.29 is 14.2 Å². The van der Waals surface area contributed by atoms with E-state index in [0.29, 0.717) is 6.79 Å². The van der Waals surface area contributed by atoms with Gasteiger partial charge in [-0.15, -0.1) is 0 Å². The molecule has 17 heavy (non-hydrogen) atoms. The maximum absolute atomic E-state index is 5.43. The molecule has 0 unspecified atom stereocenters. The number of nitrogens with zero attached hydrogens (tertiary/aromatic N) is 1. The number of ether oxygens (including phenoxy) is 3. The third-order valence-electron chi connectivity index (χ3n) is 3.13. The van der Waals surface area contributed by atoms with Crippen LogP contribution in [0.4, 0.5) is 5.69 Å². The number of rotatable bonds is 2. The minimum absolute atomic E-state index is 0.295. The normalized spacial score (nSPS) is 18.3. The van der Waals surface area contributed by atoms with Crippen LogP contribution < -0.4 is 24.4 Å². The van der Waals surface area contributed by atoms with Crippen LogP contribution in [0, 0.1) is 0 Å². The second-order valence-corrected chi connectivity index (χ2v) is 4.11. The zero-order valence-electron chi connectivity index (χ0n) is 9.86. The molecule has 1 aromatic carbocycles. The summed E-state index contributed by atoms with van der Waals surface area (Å²) in [5.41, 5.74) is 1.08. The number of benzene rings is 1. The van der Waals surface area contributed by atoms with Gasteiger partial charge in [0.15, 0.2) is 11.5 Å². The number of fused-ring (bicyclic) bond motifs is 1. The van der Waals surface area contributed by atoms with Crippen LogP contribution in [0.2, 0.25) is 0 Å². The average Bonchev–Trinajstić information content (AvgIpc) is 2.85. The molecule has 0 aliphatic carbocycles. The van der Waals surface area contributed by atoms with Crippen molar-refractivity contribution in [2.24, 2.45) is 0 Å². The first-order chi connectivity index (χ1) is 8.38. The first-order valence-corrected chi connectivity index (χ1v) is 5.82. The van der Waals surface area contributed by atoms with E-state index in [-0.39, 0.29) is 0 Å². The largest absolute Gasteiger partial charge is 0.494 e. The SMILES string of the molecule is COc1cc2c(cc1N1CCNCC1)OCO2. The zero-order valence-corrected chi connectivity index (χ0v) is 9.86. The lowest BCUT2D eigenvalue weighted by Crippen LogP contribution is -2.43. The van der Waals surface area contributed by atoms with Gasteiger partial charge in [-0.2, -0.15) is 0 Å². The third-order valence-corrected chi connectivity index (χ3v) is 3.13. The van der Waals surface area contributed by atoms with Gasteiger partial charge in [-0.1, -0.05) is 0 Å². The molecular weight excluding hydrogens is 220 g/mol. The highest BCUT2D eigenvalue weighted by Crippen LogP contribution is 2.42. The maximum atomic E-state index is 5.43. The highest BCUT2D eigenvalue weighted by Gasteiger charge is 2.21. The molecule has 1 fully saturated rings. The summed E-state index contributed by atoms with van der Waals surface area (Å²) in [5.74, 6) is 2.41. The van der Waals surface area contributed by atoms with E-state index in [4.69, 9.17) is 14.2 Å². The van der Waals surface area contributed by atoms with Crippen LogP contribution in [0.3, 0.4) is 0 Å².